The topological polar surface area (TPSA) is 39.1 Å². The van der Waals surface area contributed by atoms with Crippen LogP contribution < -0.4 is 5.32 Å². The standard InChI is InChI=1S/C11H21N3O/c1-11(2,15-5)9(12-3)8-10-13-6-7-14(10)4/h6-7,9,12H,8H2,1-5H3. The van der Waals surface area contributed by atoms with Gasteiger partial charge < -0.3 is 14.6 Å². The minimum Gasteiger partial charge on any atom is -0.377 e. The summed E-state index contributed by atoms with van der Waals surface area (Å²) in [6.07, 6.45) is 4.64. The van der Waals surface area contributed by atoms with Crippen LogP contribution in [0.3, 0.4) is 0 Å². The molecule has 0 aliphatic heterocycles. The Hall–Kier alpha value is -0.870. The maximum absolute atomic E-state index is 5.48. The summed E-state index contributed by atoms with van der Waals surface area (Å²) in [4.78, 5) is 4.32. The van der Waals surface area contributed by atoms with Gasteiger partial charge in [0.05, 0.1) is 5.60 Å². The van der Waals surface area contributed by atoms with Crippen molar-refractivity contribution < 1.29 is 4.74 Å². The van der Waals surface area contributed by atoms with Gasteiger partial charge in [0, 0.05) is 39.0 Å². The molecule has 1 aromatic heterocycles. The zero-order chi connectivity index (χ0) is 11.5. The van der Waals surface area contributed by atoms with Crippen LogP contribution in [0.25, 0.3) is 0 Å². The van der Waals surface area contributed by atoms with E-state index in [9.17, 15) is 0 Å². The van der Waals surface area contributed by atoms with Crippen molar-refractivity contribution in [1.29, 1.82) is 0 Å². The molecule has 1 aromatic rings. The largest absolute Gasteiger partial charge is 0.377 e. The van der Waals surface area contributed by atoms with Crippen LogP contribution in [0.1, 0.15) is 19.7 Å². The van der Waals surface area contributed by atoms with Crippen LogP contribution in [0.5, 0.6) is 0 Å². The Kier molecular flexibility index (Phi) is 3.88. The lowest BCUT2D eigenvalue weighted by molar-refractivity contribution is -0.00862. The van der Waals surface area contributed by atoms with Gasteiger partial charge in [-0.05, 0) is 20.9 Å². The maximum Gasteiger partial charge on any atom is 0.110 e. The van der Waals surface area contributed by atoms with E-state index in [-0.39, 0.29) is 11.6 Å². The van der Waals surface area contributed by atoms with Crippen molar-refractivity contribution in [3.8, 4) is 0 Å². The smallest absolute Gasteiger partial charge is 0.110 e. The lowest BCUT2D eigenvalue weighted by atomic mass is 9.95. The number of ether oxygens (including phenoxy) is 1. The molecular weight excluding hydrogens is 190 g/mol. The molecule has 0 amide bonds. The predicted molar refractivity (Wildman–Crippen MR) is 60.8 cm³/mol. The van der Waals surface area contributed by atoms with Crippen LogP contribution >= 0.6 is 0 Å². The van der Waals surface area contributed by atoms with Crippen molar-refractivity contribution in [3.05, 3.63) is 18.2 Å². The Labute approximate surface area is 91.7 Å². The minimum atomic E-state index is -0.194. The lowest BCUT2D eigenvalue weighted by Gasteiger charge is -2.32. The molecule has 0 bridgehead atoms. The highest BCUT2D eigenvalue weighted by atomic mass is 16.5. The highest BCUT2D eigenvalue weighted by Gasteiger charge is 2.28. The Morgan fingerprint density at radius 3 is 2.67 bits per heavy atom. The van der Waals surface area contributed by atoms with Crippen molar-refractivity contribution in [3.63, 3.8) is 0 Å². The summed E-state index contributed by atoms with van der Waals surface area (Å²) in [5.41, 5.74) is -0.194. The SMILES string of the molecule is CNC(Cc1nccn1C)C(C)(C)OC. The summed E-state index contributed by atoms with van der Waals surface area (Å²) in [5.74, 6) is 1.07. The summed E-state index contributed by atoms with van der Waals surface area (Å²) in [5, 5.41) is 3.28. The second kappa shape index (κ2) is 4.77. The zero-order valence-corrected chi connectivity index (χ0v) is 10.2. The second-order valence-corrected chi connectivity index (χ2v) is 4.31. The van der Waals surface area contributed by atoms with Crippen LogP contribution in [-0.2, 0) is 18.2 Å². The number of hydrogen-bond donors (Lipinski definition) is 1. The van der Waals surface area contributed by atoms with Gasteiger partial charge in [-0.15, -0.1) is 0 Å². The number of aryl methyl sites for hydroxylation is 1. The quantitative estimate of drug-likeness (QED) is 0.789. The third-order valence-corrected chi connectivity index (χ3v) is 3.02. The van der Waals surface area contributed by atoms with E-state index in [0.717, 1.165) is 12.2 Å². The molecule has 15 heavy (non-hydrogen) atoms. The van der Waals surface area contributed by atoms with E-state index in [2.05, 4.69) is 24.1 Å². The molecule has 1 rings (SSSR count). The molecule has 1 atom stereocenters. The van der Waals surface area contributed by atoms with Crippen molar-refractivity contribution in [1.82, 2.24) is 14.9 Å². The molecule has 0 saturated heterocycles. The van der Waals surface area contributed by atoms with E-state index >= 15 is 0 Å². The summed E-state index contributed by atoms with van der Waals surface area (Å²) in [7, 11) is 5.70. The van der Waals surface area contributed by atoms with Crippen LogP contribution in [0.2, 0.25) is 0 Å². The monoisotopic (exact) mass is 211 g/mol. The van der Waals surface area contributed by atoms with Crippen LogP contribution in [-0.4, -0.2) is 35.4 Å². The second-order valence-electron chi connectivity index (χ2n) is 4.31. The third-order valence-electron chi connectivity index (χ3n) is 3.02. The first kappa shape index (κ1) is 12.2. The van der Waals surface area contributed by atoms with Gasteiger partial charge in [0.25, 0.3) is 0 Å². The van der Waals surface area contributed by atoms with E-state index in [0.29, 0.717) is 0 Å². The number of likely N-dealkylation sites (N-methyl/N-ethyl adjacent to an activating group) is 1. The molecule has 0 aliphatic carbocycles. The Morgan fingerprint density at radius 1 is 1.60 bits per heavy atom. The molecule has 0 saturated carbocycles. The fourth-order valence-corrected chi connectivity index (χ4v) is 1.61. The van der Waals surface area contributed by atoms with E-state index in [1.807, 2.05) is 31.1 Å². The molecule has 0 aliphatic rings. The Bertz CT molecular complexity index is 307. The predicted octanol–water partition coefficient (Wildman–Crippen LogP) is 0.976. The van der Waals surface area contributed by atoms with E-state index < -0.39 is 0 Å². The molecule has 4 nitrogen and oxygen atoms in total. The van der Waals surface area contributed by atoms with Gasteiger partial charge in [-0.3, -0.25) is 0 Å². The highest BCUT2D eigenvalue weighted by molar-refractivity contribution is 4.98. The molecule has 0 spiro atoms. The summed E-state index contributed by atoms with van der Waals surface area (Å²) < 4.78 is 7.52. The number of rotatable bonds is 5. The molecule has 86 valence electrons. The van der Waals surface area contributed by atoms with Crippen molar-refractivity contribution in [2.24, 2.45) is 7.05 Å². The van der Waals surface area contributed by atoms with Gasteiger partial charge in [0.1, 0.15) is 5.82 Å². The Balaban J connectivity index is 2.74. The molecule has 0 radical (unpaired) electrons. The molecule has 0 aromatic carbocycles. The van der Waals surface area contributed by atoms with Gasteiger partial charge in [0.2, 0.25) is 0 Å². The first-order valence-corrected chi connectivity index (χ1v) is 5.20. The maximum atomic E-state index is 5.48. The zero-order valence-electron chi connectivity index (χ0n) is 10.2. The summed E-state index contributed by atoms with van der Waals surface area (Å²) in [6.45, 7) is 4.16. The van der Waals surface area contributed by atoms with Gasteiger partial charge in [-0.25, -0.2) is 4.98 Å². The van der Waals surface area contributed by atoms with Gasteiger partial charge in [0.15, 0.2) is 0 Å². The van der Waals surface area contributed by atoms with Crippen molar-refractivity contribution in [2.45, 2.75) is 31.9 Å². The van der Waals surface area contributed by atoms with Crippen molar-refractivity contribution >= 4 is 0 Å². The van der Waals surface area contributed by atoms with Crippen LogP contribution in [0.15, 0.2) is 12.4 Å². The molecule has 1 N–H and O–H groups in total. The fraction of sp³-hybridized carbons (Fsp3) is 0.727. The highest BCUT2D eigenvalue weighted by Crippen LogP contribution is 2.16. The van der Waals surface area contributed by atoms with Gasteiger partial charge in [-0.1, -0.05) is 0 Å². The van der Waals surface area contributed by atoms with Gasteiger partial charge >= 0.3 is 0 Å². The summed E-state index contributed by atoms with van der Waals surface area (Å²) >= 11 is 0. The molecule has 0 fully saturated rings. The minimum absolute atomic E-state index is 0.194. The lowest BCUT2D eigenvalue weighted by Crippen LogP contribution is -2.48. The van der Waals surface area contributed by atoms with E-state index in [1.54, 1.807) is 7.11 Å². The van der Waals surface area contributed by atoms with Gasteiger partial charge in [-0.2, -0.15) is 0 Å². The van der Waals surface area contributed by atoms with E-state index in [4.69, 9.17) is 4.74 Å². The summed E-state index contributed by atoms with van der Waals surface area (Å²) in [6, 6.07) is 0.253. The van der Waals surface area contributed by atoms with Crippen LogP contribution in [0, 0.1) is 0 Å². The first-order chi connectivity index (χ1) is 7.01. The normalized spacial score (nSPS) is 14.2. The molecule has 1 unspecified atom stereocenters. The Morgan fingerprint density at radius 2 is 2.27 bits per heavy atom. The number of nitrogens with one attached hydrogen (secondary N) is 1. The number of hydrogen-bond acceptors (Lipinski definition) is 3. The molecule has 4 heteroatoms. The average molecular weight is 211 g/mol. The van der Waals surface area contributed by atoms with Crippen LogP contribution in [0.4, 0.5) is 0 Å². The number of nitrogens with zero attached hydrogens (tertiary/aromatic N) is 2. The molecular formula is C11H21N3O. The number of methoxy groups -OCH3 is 1. The third kappa shape index (κ3) is 2.79. The average Bonchev–Trinajstić information content (AvgIpc) is 2.60. The number of aromatic nitrogens is 2. The fourth-order valence-electron chi connectivity index (χ4n) is 1.61. The number of imidazole rings is 1. The molecule has 1 heterocycles. The first-order valence-electron chi connectivity index (χ1n) is 5.20. The van der Waals surface area contributed by atoms with Crippen molar-refractivity contribution in [2.75, 3.05) is 14.2 Å². The van der Waals surface area contributed by atoms with E-state index in [1.165, 1.54) is 0 Å².